The van der Waals surface area contributed by atoms with E-state index in [0.29, 0.717) is 18.4 Å². The molecule has 0 saturated carbocycles. The third kappa shape index (κ3) is 4.34. The molecule has 21 heavy (non-hydrogen) atoms. The first-order valence-corrected chi connectivity index (χ1v) is 6.98. The minimum absolute atomic E-state index is 0.138. The second-order valence-electron chi connectivity index (χ2n) is 5.14. The van der Waals surface area contributed by atoms with Gasteiger partial charge in [-0.05, 0) is 36.1 Å². The largest absolute Gasteiger partial charge is 0.392 e. The van der Waals surface area contributed by atoms with E-state index in [0.717, 1.165) is 11.6 Å². The maximum atomic E-state index is 13.3. The van der Waals surface area contributed by atoms with Crippen LogP contribution < -0.4 is 5.73 Å². The number of hydrogen-bond acceptors (Lipinski definition) is 2. The molecule has 0 aromatic heterocycles. The Hall–Kier alpha value is -1.78. The molecule has 0 aliphatic rings. The van der Waals surface area contributed by atoms with Crippen molar-refractivity contribution in [2.75, 3.05) is 6.54 Å². The van der Waals surface area contributed by atoms with Crippen molar-refractivity contribution in [3.63, 3.8) is 0 Å². The van der Waals surface area contributed by atoms with Gasteiger partial charge in [0.15, 0.2) is 0 Å². The highest BCUT2D eigenvalue weighted by Gasteiger charge is 2.21. The summed E-state index contributed by atoms with van der Waals surface area (Å²) in [6.07, 6.45) is 0.441. The van der Waals surface area contributed by atoms with Crippen LogP contribution in [0.1, 0.15) is 23.5 Å². The van der Waals surface area contributed by atoms with E-state index in [-0.39, 0.29) is 6.54 Å². The van der Waals surface area contributed by atoms with Gasteiger partial charge in [0.05, 0.1) is 6.10 Å². The minimum Gasteiger partial charge on any atom is -0.392 e. The first-order valence-electron chi connectivity index (χ1n) is 6.98. The third-order valence-electron chi connectivity index (χ3n) is 3.60. The van der Waals surface area contributed by atoms with Crippen LogP contribution >= 0.6 is 0 Å². The predicted molar refractivity (Wildman–Crippen MR) is 78.9 cm³/mol. The van der Waals surface area contributed by atoms with Crippen LogP contribution in [0.5, 0.6) is 0 Å². The number of rotatable bonds is 6. The molecule has 112 valence electrons. The molecule has 4 heteroatoms. The molecule has 0 radical (unpaired) electrons. The second kappa shape index (κ2) is 7.29. The van der Waals surface area contributed by atoms with E-state index in [2.05, 4.69) is 0 Å². The molecule has 2 aromatic carbocycles. The summed E-state index contributed by atoms with van der Waals surface area (Å²) in [4.78, 5) is 0. The van der Waals surface area contributed by atoms with Crippen LogP contribution in [0.25, 0.3) is 0 Å². The smallest absolute Gasteiger partial charge is 0.126 e. The van der Waals surface area contributed by atoms with Crippen LogP contribution in [0.4, 0.5) is 8.78 Å². The normalized spacial score (nSPS) is 13.9. The fourth-order valence-electron chi connectivity index (χ4n) is 2.46. The Balaban J connectivity index is 2.06. The van der Waals surface area contributed by atoms with E-state index >= 15 is 0 Å². The molecule has 0 aliphatic carbocycles. The lowest BCUT2D eigenvalue weighted by molar-refractivity contribution is 0.136. The Labute approximate surface area is 123 Å². The fourth-order valence-corrected chi connectivity index (χ4v) is 2.46. The topological polar surface area (TPSA) is 46.2 Å². The number of aliphatic hydroxyl groups excluding tert-OH is 1. The van der Waals surface area contributed by atoms with E-state index in [1.54, 1.807) is 0 Å². The number of aliphatic hydroxyl groups is 1. The molecule has 0 aliphatic heterocycles. The standard InChI is InChI=1S/C17H19F2NO/c18-14-8-13(9-15(19)10-14)16(11-20)17(21)7-6-12-4-2-1-3-5-12/h1-5,8-10,16-17,21H,6-7,11,20H2. The lowest BCUT2D eigenvalue weighted by Crippen LogP contribution is -2.26. The summed E-state index contributed by atoms with van der Waals surface area (Å²) in [5, 5.41) is 10.3. The van der Waals surface area contributed by atoms with Gasteiger partial charge >= 0.3 is 0 Å². The molecule has 0 fully saturated rings. The summed E-state index contributed by atoms with van der Waals surface area (Å²) in [7, 11) is 0. The predicted octanol–water partition coefficient (Wildman–Crippen LogP) is 3.00. The van der Waals surface area contributed by atoms with Crippen LogP contribution in [-0.2, 0) is 6.42 Å². The molecule has 0 spiro atoms. The zero-order chi connectivity index (χ0) is 15.2. The van der Waals surface area contributed by atoms with Crippen molar-refractivity contribution in [1.29, 1.82) is 0 Å². The van der Waals surface area contributed by atoms with Gasteiger partial charge in [0, 0.05) is 18.5 Å². The maximum Gasteiger partial charge on any atom is 0.126 e. The monoisotopic (exact) mass is 291 g/mol. The molecular formula is C17H19F2NO. The van der Waals surface area contributed by atoms with Crippen molar-refractivity contribution in [2.24, 2.45) is 5.73 Å². The molecule has 0 bridgehead atoms. The summed E-state index contributed by atoms with van der Waals surface area (Å²) < 4.78 is 26.6. The molecule has 2 rings (SSSR count). The van der Waals surface area contributed by atoms with Crippen LogP contribution in [0.15, 0.2) is 48.5 Å². The van der Waals surface area contributed by atoms with Crippen molar-refractivity contribution in [3.8, 4) is 0 Å². The lowest BCUT2D eigenvalue weighted by Gasteiger charge is -2.22. The Bertz CT molecular complexity index is 554. The molecule has 3 N–H and O–H groups in total. The molecular weight excluding hydrogens is 272 g/mol. The van der Waals surface area contributed by atoms with Gasteiger partial charge in [-0.15, -0.1) is 0 Å². The zero-order valence-corrected chi connectivity index (χ0v) is 11.7. The highest BCUT2D eigenvalue weighted by Crippen LogP contribution is 2.23. The van der Waals surface area contributed by atoms with Gasteiger partial charge in [0.25, 0.3) is 0 Å². The molecule has 0 amide bonds. The highest BCUT2D eigenvalue weighted by atomic mass is 19.1. The van der Waals surface area contributed by atoms with Crippen LogP contribution in [-0.4, -0.2) is 17.8 Å². The van der Waals surface area contributed by atoms with Crippen LogP contribution in [0.3, 0.4) is 0 Å². The number of nitrogens with two attached hydrogens (primary N) is 1. The zero-order valence-electron chi connectivity index (χ0n) is 11.7. The first kappa shape index (κ1) is 15.6. The maximum absolute atomic E-state index is 13.3. The number of hydrogen-bond donors (Lipinski definition) is 2. The van der Waals surface area contributed by atoms with Gasteiger partial charge in [0.1, 0.15) is 11.6 Å². The average molecular weight is 291 g/mol. The van der Waals surface area contributed by atoms with Crippen LogP contribution in [0, 0.1) is 11.6 Å². The van der Waals surface area contributed by atoms with Crippen molar-refractivity contribution in [3.05, 3.63) is 71.3 Å². The molecule has 0 saturated heterocycles. The summed E-state index contributed by atoms with van der Waals surface area (Å²) in [6, 6.07) is 13.0. The molecule has 2 nitrogen and oxygen atoms in total. The van der Waals surface area contributed by atoms with Crippen molar-refractivity contribution in [1.82, 2.24) is 0 Å². The van der Waals surface area contributed by atoms with E-state index in [1.165, 1.54) is 12.1 Å². The SMILES string of the molecule is NCC(c1cc(F)cc(F)c1)C(O)CCc1ccccc1. The number of aryl methyl sites for hydroxylation is 1. The van der Waals surface area contributed by atoms with Gasteiger partial charge in [-0.2, -0.15) is 0 Å². The summed E-state index contributed by atoms with van der Waals surface area (Å²) >= 11 is 0. The molecule has 0 heterocycles. The Morgan fingerprint density at radius 1 is 1.00 bits per heavy atom. The van der Waals surface area contributed by atoms with E-state index in [4.69, 9.17) is 5.73 Å². The van der Waals surface area contributed by atoms with Gasteiger partial charge in [0.2, 0.25) is 0 Å². The van der Waals surface area contributed by atoms with Gasteiger partial charge in [-0.1, -0.05) is 30.3 Å². The molecule has 2 atom stereocenters. The van der Waals surface area contributed by atoms with Crippen LogP contribution in [0.2, 0.25) is 0 Å². The Morgan fingerprint density at radius 3 is 2.19 bits per heavy atom. The van der Waals surface area contributed by atoms with E-state index in [9.17, 15) is 13.9 Å². The second-order valence-corrected chi connectivity index (χ2v) is 5.14. The van der Waals surface area contributed by atoms with Gasteiger partial charge in [-0.3, -0.25) is 0 Å². The van der Waals surface area contributed by atoms with E-state index < -0.39 is 23.7 Å². The molecule has 2 unspecified atom stereocenters. The summed E-state index contributed by atoms with van der Waals surface area (Å²) in [6.45, 7) is 0.138. The number of benzene rings is 2. The van der Waals surface area contributed by atoms with E-state index in [1.807, 2.05) is 30.3 Å². The van der Waals surface area contributed by atoms with Crippen molar-refractivity contribution < 1.29 is 13.9 Å². The fraction of sp³-hybridized carbons (Fsp3) is 0.294. The first-order chi connectivity index (χ1) is 10.1. The average Bonchev–Trinajstić information content (AvgIpc) is 2.46. The highest BCUT2D eigenvalue weighted by molar-refractivity contribution is 5.24. The lowest BCUT2D eigenvalue weighted by atomic mass is 9.90. The summed E-state index contributed by atoms with van der Waals surface area (Å²) in [5.41, 5.74) is 7.18. The Kier molecular flexibility index (Phi) is 5.42. The van der Waals surface area contributed by atoms with Crippen molar-refractivity contribution in [2.45, 2.75) is 24.9 Å². The van der Waals surface area contributed by atoms with Gasteiger partial charge < -0.3 is 10.8 Å². The molecule has 2 aromatic rings. The van der Waals surface area contributed by atoms with Crippen molar-refractivity contribution >= 4 is 0 Å². The number of halogens is 2. The van der Waals surface area contributed by atoms with Gasteiger partial charge in [-0.25, -0.2) is 8.78 Å². The Morgan fingerprint density at radius 2 is 1.62 bits per heavy atom. The summed E-state index contributed by atoms with van der Waals surface area (Å²) in [5.74, 6) is -1.78. The quantitative estimate of drug-likeness (QED) is 0.859. The third-order valence-corrected chi connectivity index (χ3v) is 3.60. The minimum atomic E-state index is -0.739.